The fraction of sp³-hybridized carbons (Fsp3) is 0.111. The predicted octanol–water partition coefficient (Wildman–Crippen LogP) is 4.15. The lowest BCUT2D eigenvalue weighted by molar-refractivity contribution is 0.386. The summed E-state index contributed by atoms with van der Waals surface area (Å²) < 4.78 is 18.9. The molecule has 0 N–H and O–H groups in total. The largest absolute Gasteiger partial charge is 0.494 e. The van der Waals surface area contributed by atoms with E-state index in [0.29, 0.717) is 22.7 Å². The van der Waals surface area contributed by atoms with E-state index in [2.05, 4.69) is 16.5 Å². The molecular formula is C18H15FN2O. The van der Waals surface area contributed by atoms with Crippen molar-refractivity contribution in [3.63, 3.8) is 0 Å². The van der Waals surface area contributed by atoms with Crippen molar-refractivity contribution in [1.29, 1.82) is 0 Å². The molecule has 0 unspecified atom stereocenters. The van der Waals surface area contributed by atoms with Crippen LogP contribution in [-0.2, 0) is 0 Å². The Bertz CT molecular complexity index is 874. The molecule has 110 valence electrons. The Kier molecular flexibility index (Phi) is 3.59. The van der Waals surface area contributed by atoms with Gasteiger partial charge >= 0.3 is 0 Å². The topological polar surface area (TPSA) is 35.0 Å². The van der Waals surface area contributed by atoms with Gasteiger partial charge in [-0.2, -0.15) is 0 Å². The molecule has 0 atom stereocenters. The maximum atomic E-state index is 13.9. The van der Waals surface area contributed by atoms with Crippen molar-refractivity contribution in [2.75, 3.05) is 7.11 Å². The molecule has 0 fully saturated rings. The van der Waals surface area contributed by atoms with Crippen LogP contribution in [0.3, 0.4) is 0 Å². The molecule has 4 heteroatoms. The average molecular weight is 294 g/mol. The molecular weight excluding hydrogens is 279 g/mol. The second kappa shape index (κ2) is 5.56. The Balaban J connectivity index is 2.15. The number of ether oxygens (including phenoxy) is 1. The zero-order chi connectivity index (χ0) is 15.7. The van der Waals surface area contributed by atoms with Crippen LogP contribution in [0.5, 0.6) is 5.75 Å². The minimum Gasteiger partial charge on any atom is -0.494 e. The summed E-state index contributed by atoms with van der Waals surface area (Å²) in [5, 5.41) is 0.898. The minimum atomic E-state index is -0.420. The molecule has 3 rings (SSSR count). The molecule has 3 nitrogen and oxygen atoms in total. The highest BCUT2D eigenvalue weighted by atomic mass is 19.1. The number of rotatable bonds is 3. The first-order valence-electron chi connectivity index (χ1n) is 6.86. The number of nitrogens with zero attached hydrogens (tertiary/aromatic N) is 2. The zero-order valence-electron chi connectivity index (χ0n) is 12.4. The SMILES string of the molecule is C=C(c1ccc(OC)c(F)c1)c1nc(C)nc2ccccc12. The first kappa shape index (κ1) is 14.2. The van der Waals surface area contributed by atoms with Crippen LogP contribution in [-0.4, -0.2) is 17.1 Å². The average Bonchev–Trinajstić information content (AvgIpc) is 2.53. The third kappa shape index (κ3) is 2.44. The quantitative estimate of drug-likeness (QED) is 0.728. The summed E-state index contributed by atoms with van der Waals surface area (Å²) in [6.45, 7) is 5.92. The van der Waals surface area contributed by atoms with Gasteiger partial charge in [0, 0.05) is 11.0 Å². The molecule has 0 aliphatic carbocycles. The van der Waals surface area contributed by atoms with Crippen molar-refractivity contribution < 1.29 is 9.13 Å². The Morgan fingerprint density at radius 3 is 2.64 bits per heavy atom. The number of fused-ring (bicyclic) bond motifs is 1. The predicted molar refractivity (Wildman–Crippen MR) is 85.4 cm³/mol. The lowest BCUT2D eigenvalue weighted by Crippen LogP contribution is -1.98. The van der Waals surface area contributed by atoms with E-state index in [1.807, 2.05) is 31.2 Å². The van der Waals surface area contributed by atoms with Gasteiger partial charge < -0.3 is 4.74 Å². The first-order valence-corrected chi connectivity index (χ1v) is 6.86. The van der Waals surface area contributed by atoms with Crippen LogP contribution in [0.1, 0.15) is 17.1 Å². The van der Waals surface area contributed by atoms with E-state index in [-0.39, 0.29) is 5.75 Å². The van der Waals surface area contributed by atoms with Gasteiger partial charge in [0.15, 0.2) is 11.6 Å². The number of hydrogen-bond acceptors (Lipinski definition) is 3. The molecule has 3 aromatic rings. The van der Waals surface area contributed by atoms with Gasteiger partial charge in [0.1, 0.15) is 5.82 Å². The molecule has 22 heavy (non-hydrogen) atoms. The van der Waals surface area contributed by atoms with Crippen LogP contribution in [0, 0.1) is 12.7 Å². The summed E-state index contributed by atoms with van der Waals surface area (Å²) in [5.41, 5.74) is 2.89. The van der Waals surface area contributed by atoms with E-state index in [9.17, 15) is 4.39 Å². The summed E-state index contributed by atoms with van der Waals surface area (Å²) in [7, 11) is 1.44. The van der Waals surface area contributed by atoms with E-state index in [4.69, 9.17) is 4.74 Å². The summed E-state index contributed by atoms with van der Waals surface area (Å²) in [6.07, 6.45) is 0. The highest BCUT2D eigenvalue weighted by Gasteiger charge is 2.12. The number of aromatic nitrogens is 2. The first-order chi connectivity index (χ1) is 10.6. The van der Waals surface area contributed by atoms with Crippen LogP contribution in [0.4, 0.5) is 4.39 Å². The van der Waals surface area contributed by atoms with Gasteiger partial charge in [0.05, 0.1) is 18.3 Å². The number of para-hydroxylation sites is 1. The highest BCUT2D eigenvalue weighted by molar-refractivity contribution is 5.93. The number of methoxy groups -OCH3 is 1. The maximum absolute atomic E-state index is 13.9. The molecule has 1 aromatic heterocycles. The summed E-state index contributed by atoms with van der Waals surface area (Å²) >= 11 is 0. The lowest BCUT2D eigenvalue weighted by atomic mass is 10.0. The van der Waals surface area contributed by atoms with Crippen LogP contribution >= 0.6 is 0 Å². The maximum Gasteiger partial charge on any atom is 0.165 e. The molecule has 1 heterocycles. The fourth-order valence-electron chi connectivity index (χ4n) is 2.41. The second-order valence-corrected chi connectivity index (χ2v) is 4.96. The van der Waals surface area contributed by atoms with Gasteiger partial charge in [-0.3, -0.25) is 0 Å². The van der Waals surface area contributed by atoms with Crippen molar-refractivity contribution in [2.45, 2.75) is 6.92 Å². The van der Waals surface area contributed by atoms with Crippen molar-refractivity contribution in [3.8, 4) is 5.75 Å². The number of halogens is 1. The van der Waals surface area contributed by atoms with Crippen LogP contribution < -0.4 is 4.74 Å². The van der Waals surface area contributed by atoms with Gasteiger partial charge in [-0.15, -0.1) is 0 Å². The van der Waals surface area contributed by atoms with E-state index in [1.54, 1.807) is 12.1 Å². The Labute approximate surface area is 128 Å². The highest BCUT2D eigenvalue weighted by Crippen LogP contribution is 2.29. The molecule has 0 aliphatic heterocycles. The molecule has 2 aromatic carbocycles. The van der Waals surface area contributed by atoms with Crippen molar-refractivity contribution in [1.82, 2.24) is 9.97 Å². The monoisotopic (exact) mass is 294 g/mol. The van der Waals surface area contributed by atoms with E-state index in [1.165, 1.54) is 13.2 Å². The molecule has 0 saturated heterocycles. The molecule has 0 saturated carbocycles. The zero-order valence-corrected chi connectivity index (χ0v) is 12.4. The molecule has 0 aliphatic rings. The van der Waals surface area contributed by atoms with Gasteiger partial charge in [0.25, 0.3) is 0 Å². The smallest absolute Gasteiger partial charge is 0.165 e. The van der Waals surface area contributed by atoms with Crippen LogP contribution in [0.25, 0.3) is 16.5 Å². The summed E-state index contributed by atoms with van der Waals surface area (Å²) in [5.74, 6) is 0.445. The van der Waals surface area contributed by atoms with Crippen LogP contribution in [0.2, 0.25) is 0 Å². The lowest BCUT2D eigenvalue weighted by Gasteiger charge is -2.11. The third-order valence-corrected chi connectivity index (χ3v) is 3.50. The van der Waals surface area contributed by atoms with E-state index < -0.39 is 5.82 Å². The molecule has 0 spiro atoms. The number of hydrogen-bond donors (Lipinski definition) is 0. The van der Waals surface area contributed by atoms with Gasteiger partial charge in [-0.1, -0.05) is 30.8 Å². The standard InChI is InChI=1S/C18H15FN2O/c1-11(13-8-9-17(22-3)15(19)10-13)18-14-6-4-5-7-16(14)20-12(2)21-18/h4-10H,1H2,2-3H3. The second-order valence-electron chi connectivity index (χ2n) is 4.96. The minimum absolute atomic E-state index is 0.209. The van der Waals surface area contributed by atoms with Gasteiger partial charge in [-0.25, -0.2) is 14.4 Å². The normalized spacial score (nSPS) is 10.7. The van der Waals surface area contributed by atoms with E-state index in [0.717, 1.165) is 10.9 Å². The van der Waals surface area contributed by atoms with Crippen molar-refractivity contribution >= 4 is 16.5 Å². The third-order valence-electron chi connectivity index (χ3n) is 3.50. The van der Waals surface area contributed by atoms with Crippen LogP contribution in [0.15, 0.2) is 49.0 Å². The van der Waals surface area contributed by atoms with Crippen molar-refractivity contribution in [3.05, 3.63) is 71.9 Å². The fourth-order valence-corrected chi connectivity index (χ4v) is 2.41. The summed E-state index contributed by atoms with van der Waals surface area (Å²) in [4.78, 5) is 8.90. The van der Waals surface area contributed by atoms with E-state index >= 15 is 0 Å². The summed E-state index contributed by atoms with van der Waals surface area (Å²) in [6, 6.07) is 12.5. The Hall–Kier alpha value is -2.75. The Morgan fingerprint density at radius 1 is 1.14 bits per heavy atom. The van der Waals surface area contributed by atoms with Crippen molar-refractivity contribution in [2.24, 2.45) is 0 Å². The van der Waals surface area contributed by atoms with Gasteiger partial charge in [-0.05, 0) is 30.7 Å². The molecule has 0 radical (unpaired) electrons. The number of benzene rings is 2. The molecule has 0 bridgehead atoms. The Morgan fingerprint density at radius 2 is 1.91 bits per heavy atom. The molecule has 0 amide bonds. The number of aryl methyl sites for hydroxylation is 1. The van der Waals surface area contributed by atoms with Gasteiger partial charge in [0.2, 0.25) is 0 Å².